The highest BCUT2D eigenvalue weighted by molar-refractivity contribution is 9.10. The van der Waals surface area contributed by atoms with Crippen molar-refractivity contribution in [3.05, 3.63) is 87.8 Å². The Morgan fingerprint density at radius 2 is 1.03 bits per heavy atom. The first kappa shape index (κ1) is 22.4. The molecule has 0 radical (unpaired) electrons. The van der Waals surface area contributed by atoms with Gasteiger partial charge in [-0.2, -0.15) is 25.2 Å². The molecule has 0 N–H and O–H groups in total. The lowest BCUT2D eigenvalue weighted by Gasteiger charge is -2.39. The van der Waals surface area contributed by atoms with Crippen LogP contribution in [0, 0.1) is 0 Å². The van der Waals surface area contributed by atoms with Gasteiger partial charge in [0, 0.05) is 23.6 Å². The Labute approximate surface area is 184 Å². The van der Waals surface area contributed by atoms with E-state index in [0.29, 0.717) is 23.6 Å². The highest BCUT2D eigenvalue weighted by Crippen LogP contribution is 2.70. The Bertz CT molecular complexity index is 1040. The summed E-state index contributed by atoms with van der Waals surface area (Å²) < 4.78 is 70.8. The van der Waals surface area contributed by atoms with Gasteiger partial charge in [-0.1, -0.05) is 50.1 Å². The molecule has 0 aliphatic carbocycles. The van der Waals surface area contributed by atoms with Crippen LogP contribution in [0.2, 0.25) is 0 Å². The van der Waals surface area contributed by atoms with Crippen molar-refractivity contribution in [3.63, 3.8) is 0 Å². The van der Waals surface area contributed by atoms with E-state index in [1.54, 1.807) is 78.9 Å². The summed E-state index contributed by atoms with van der Waals surface area (Å²) in [7, 11) is -9.16. The van der Waals surface area contributed by atoms with E-state index >= 15 is 0 Å². The van der Waals surface area contributed by atoms with E-state index in [9.17, 15) is 21.6 Å². The summed E-state index contributed by atoms with van der Waals surface area (Å²) in [6, 6.07) is 20.8. The Hall–Kier alpha value is -1.33. The van der Waals surface area contributed by atoms with Crippen molar-refractivity contribution in [2.24, 2.45) is 0 Å². The largest absolute Gasteiger partial charge is 0.524 e. The smallest absolute Gasteiger partial charge is 0.200 e. The summed E-state index contributed by atoms with van der Waals surface area (Å²) in [5.74, 6) is 0. The first-order valence-corrected chi connectivity index (χ1v) is 12.5. The molecule has 0 unspecified atom stereocenters. The van der Waals surface area contributed by atoms with Crippen molar-refractivity contribution in [1.82, 2.24) is 0 Å². The van der Waals surface area contributed by atoms with Gasteiger partial charge in [0.05, 0.1) is 0 Å². The van der Waals surface area contributed by atoms with Crippen LogP contribution in [0.5, 0.6) is 0 Å². The van der Waals surface area contributed by atoms with Crippen LogP contribution in [0.1, 0.15) is 0 Å². The molecular weight excluding hydrogens is 557 g/mol. The number of hydrogen-bond donors (Lipinski definition) is 0. The predicted molar refractivity (Wildman–Crippen MR) is 113 cm³/mol. The van der Waals surface area contributed by atoms with Gasteiger partial charge in [-0.25, -0.2) is 0 Å². The summed E-state index contributed by atoms with van der Waals surface area (Å²) in [6.45, 7) is 0. The van der Waals surface area contributed by atoms with Gasteiger partial charge >= 0.3 is 15.6 Å². The van der Waals surface area contributed by atoms with Gasteiger partial charge < -0.3 is 0 Å². The molecule has 0 atom stereocenters. The first-order valence-electron chi connectivity index (χ1n) is 7.98. The zero-order valence-electron chi connectivity index (χ0n) is 14.4. The van der Waals surface area contributed by atoms with E-state index in [0.717, 1.165) is 0 Å². The van der Waals surface area contributed by atoms with Gasteiger partial charge in [0.15, 0.2) is 0 Å². The molecule has 0 fully saturated rings. The third-order valence-corrected chi connectivity index (χ3v) is 9.81. The molecule has 3 aromatic rings. The highest BCUT2D eigenvalue weighted by Gasteiger charge is 2.52. The van der Waals surface area contributed by atoms with Crippen LogP contribution in [-0.4, -0.2) is 13.9 Å². The van der Waals surface area contributed by atoms with Gasteiger partial charge in [0.2, 0.25) is 0 Å². The van der Waals surface area contributed by atoms with E-state index in [2.05, 4.69) is 31.9 Å². The molecule has 0 bridgehead atoms. The molecule has 0 amide bonds. The molecule has 29 heavy (non-hydrogen) atoms. The SMILES string of the molecule is O=S(=O)(OS(c1ccccc1)(c1ccc(Br)cc1)c1ccc(Br)cc1)C(F)(F)F. The van der Waals surface area contributed by atoms with E-state index < -0.39 is 25.9 Å². The maximum absolute atomic E-state index is 13.3. The van der Waals surface area contributed by atoms with Gasteiger partial charge in [-0.15, -0.1) is 0 Å². The molecule has 3 aromatic carbocycles. The Morgan fingerprint density at radius 3 is 1.41 bits per heavy atom. The molecule has 154 valence electrons. The lowest BCUT2D eigenvalue weighted by Crippen LogP contribution is -2.27. The van der Waals surface area contributed by atoms with Crippen molar-refractivity contribution in [2.75, 3.05) is 0 Å². The third kappa shape index (κ3) is 4.56. The van der Waals surface area contributed by atoms with E-state index in [1.165, 1.54) is 0 Å². The van der Waals surface area contributed by atoms with Crippen LogP contribution >= 0.6 is 42.2 Å². The lowest BCUT2D eigenvalue weighted by molar-refractivity contribution is -0.0496. The molecule has 0 saturated heterocycles. The number of rotatable bonds is 5. The number of hydrogen-bond acceptors (Lipinski definition) is 3. The lowest BCUT2D eigenvalue weighted by atomic mass is 10.4. The molecule has 0 saturated carbocycles. The Kier molecular flexibility index (Phi) is 6.50. The second-order valence-electron chi connectivity index (χ2n) is 5.74. The maximum Gasteiger partial charge on any atom is 0.524 e. The Balaban J connectivity index is 2.39. The molecule has 0 aromatic heterocycles. The summed E-state index contributed by atoms with van der Waals surface area (Å²) >= 11 is 6.58. The second kappa shape index (κ2) is 8.43. The minimum absolute atomic E-state index is 0.307. The van der Waals surface area contributed by atoms with Gasteiger partial charge in [-0.3, -0.25) is 0 Å². The molecule has 10 heteroatoms. The summed E-state index contributed by atoms with van der Waals surface area (Å²) in [6.07, 6.45) is 0. The van der Waals surface area contributed by atoms with Crippen molar-refractivity contribution >= 4 is 52.3 Å². The molecular formula is C19H13Br2F3O3S2. The van der Waals surface area contributed by atoms with Crippen LogP contribution in [0.4, 0.5) is 13.2 Å². The van der Waals surface area contributed by atoms with Crippen molar-refractivity contribution in [1.29, 1.82) is 0 Å². The highest BCUT2D eigenvalue weighted by atomic mass is 79.9. The quantitative estimate of drug-likeness (QED) is 0.303. The average Bonchev–Trinajstić information content (AvgIpc) is 2.67. The number of alkyl halides is 3. The van der Waals surface area contributed by atoms with Gasteiger partial charge in [0.1, 0.15) is 0 Å². The minimum Gasteiger partial charge on any atom is -0.200 e. The normalized spacial score (nSPS) is 13.3. The minimum atomic E-state index is -5.91. The molecule has 0 aliphatic rings. The van der Waals surface area contributed by atoms with E-state index in [4.69, 9.17) is 3.63 Å². The standard InChI is InChI=1S/C19H13Br2F3O3S2/c20-14-6-10-17(11-7-14)28(16-4-2-1-3-5-16,18-12-8-15(21)9-13-18)27-29(25,26)19(22,23)24/h1-13H. The first-order chi connectivity index (χ1) is 13.6. The van der Waals surface area contributed by atoms with Gasteiger partial charge in [0.25, 0.3) is 0 Å². The van der Waals surface area contributed by atoms with Crippen molar-refractivity contribution < 1.29 is 25.2 Å². The fourth-order valence-corrected chi connectivity index (χ4v) is 7.81. The van der Waals surface area contributed by atoms with E-state index in [1.807, 2.05) is 0 Å². The zero-order chi connectivity index (χ0) is 21.3. The molecule has 0 heterocycles. The fraction of sp³-hybridized carbons (Fsp3) is 0.0526. The van der Waals surface area contributed by atoms with Crippen LogP contribution in [-0.2, 0) is 13.7 Å². The number of halogens is 5. The summed E-state index contributed by atoms with van der Waals surface area (Å²) in [5, 5.41) is 0. The van der Waals surface area contributed by atoms with Crippen LogP contribution in [0.15, 0.2) is 102 Å². The van der Waals surface area contributed by atoms with Crippen LogP contribution < -0.4 is 0 Å². The van der Waals surface area contributed by atoms with Gasteiger partial charge in [-0.05, 0) is 71.0 Å². The summed E-state index contributed by atoms with van der Waals surface area (Å²) in [4.78, 5) is 0.932. The number of benzene rings is 3. The molecule has 0 spiro atoms. The maximum atomic E-state index is 13.3. The topological polar surface area (TPSA) is 43.4 Å². The fourth-order valence-electron chi connectivity index (χ4n) is 2.56. The third-order valence-electron chi connectivity index (χ3n) is 3.84. The second-order valence-corrected chi connectivity index (χ2v) is 12.0. The average molecular weight is 570 g/mol. The Morgan fingerprint density at radius 1 is 0.655 bits per heavy atom. The molecule has 3 nitrogen and oxygen atoms in total. The molecule has 3 rings (SSSR count). The molecule has 0 aliphatic heterocycles. The van der Waals surface area contributed by atoms with Crippen molar-refractivity contribution in [3.8, 4) is 0 Å². The van der Waals surface area contributed by atoms with Crippen molar-refractivity contribution in [2.45, 2.75) is 20.2 Å². The van der Waals surface area contributed by atoms with Crippen LogP contribution in [0.25, 0.3) is 0 Å². The monoisotopic (exact) mass is 568 g/mol. The van der Waals surface area contributed by atoms with Crippen LogP contribution in [0.3, 0.4) is 0 Å². The zero-order valence-corrected chi connectivity index (χ0v) is 19.2. The predicted octanol–water partition coefficient (Wildman–Crippen LogP) is 7.27. The van der Waals surface area contributed by atoms with E-state index in [-0.39, 0.29) is 0 Å². The summed E-state index contributed by atoms with van der Waals surface area (Å²) in [5.41, 5.74) is -5.56.